The van der Waals surface area contributed by atoms with Crippen LogP contribution in [-0.4, -0.2) is 9.78 Å². The first-order valence-electron chi connectivity index (χ1n) is 5.67. The van der Waals surface area contributed by atoms with E-state index in [-0.39, 0.29) is 6.04 Å². The molecule has 3 N–H and O–H groups in total. The Labute approximate surface area is 105 Å². The van der Waals surface area contributed by atoms with Crippen LogP contribution >= 0.6 is 11.3 Å². The van der Waals surface area contributed by atoms with E-state index in [9.17, 15) is 0 Å². The lowest BCUT2D eigenvalue weighted by Gasteiger charge is -2.21. The summed E-state index contributed by atoms with van der Waals surface area (Å²) in [6.07, 6.45) is 1.81. The average Bonchev–Trinajstić information content (AvgIpc) is 2.84. The van der Waals surface area contributed by atoms with E-state index in [1.165, 1.54) is 4.88 Å². The Bertz CT molecular complexity index is 473. The number of rotatable bonds is 4. The van der Waals surface area contributed by atoms with Crippen LogP contribution < -0.4 is 11.1 Å². The average molecular weight is 250 g/mol. The van der Waals surface area contributed by atoms with Gasteiger partial charge in [-0.3, -0.25) is 4.68 Å². The molecule has 2 heterocycles. The van der Waals surface area contributed by atoms with Crippen molar-refractivity contribution in [1.82, 2.24) is 9.78 Å². The van der Waals surface area contributed by atoms with Crippen LogP contribution in [0.5, 0.6) is 0 Å². The molecule has 0 fully saturated rings. The molecule has 0 saturated heterocycles. The standard InChI is InChI=1S/C12H18N4S/c1-8(2)11(10-5-4-6-17-10)14-12-9(13)7-16(3)15-12/h4-8,11H,13H2,1-3H3,(H,14,15). The molecule has 17 heavy (non-hydrogen) atoms. The third-order valence-corrected chi connectivity index (χ3v) is 3.62. The smallest absolute Gasteiger partial charge is 0.171 e. The second-order valence-electron chi connectivity index (χ2n) is 4.49. The molecular weight excluding hydrogens is 232 g/mol. The number of nitrogen functional groups attached to an aromatic ring is 1. The summed E-state index contributed by atoms with van der Waals surface area (Å²) in [7, 11) is 1.87. The molecule has 0 amide bonds. The maximum Gasteiger partial charge on any atom is 0.171 e. The van der Waals surface area contributed by atoms with Gasteiger partial charge in [-0.25, -0.2) is 0 Å². The molecule has 0 aliphatic heterocycles. The highest BCUT2D eigenvalue weighted by atomic mass is 32.1. The Balaban J connectivity index is 2.22. The van der Waals surface area contributed by atoms with Gasteiger partial charge in [0.05, 0.1) is 11.7 Å². The molecule has 0 radical (unpaired) electrons. The van der Waals surface area contributed by atoms with Crippen molar-refractivity contribution in [2.24, 2.45) is 13.0 Å². The van der Waals surface area contributed by atoms with E-state index < -0.39 is 0 Å². The van der Waals surface area contributed by atoms with E-state index in [1.807, 2.05) is 13.2 Å². The molecular formula is C12H18N4S. The van der Waals surface area contributed by atoms with Gasteiger partial charge in [-0.2, -0.15) is 5.10 Å². The van der Waals surface area contributed by atoms with Gasteiger partial charge >= 0.3 is 0 Å². The van der Waals surface area contributed by atoms with Crippen molar-refractivity contribution >= 4 is 22.8 Å². The van der Waals surface area contributed by atoms with Crippen LogP contribution in [0.2, 0.25) is 0 Å². The number of thiophene rings is 1. The minimum Gasteiger partial charge on any atom is -0.394 e. The summed E-state index contributed by atoms with van der Waals surface area (Å²) in [6.45, 7) is 4.38. The van der Waals surface area contributed by atoms with Crippen LogP contribution in [0, 0.1) is 5.92 Å². The predicted molar refractivity (Wildman–Crippen MR) is 73.1 cm³/mol. The van der Waals surface area contributed by atoms with Crippen molar-refractivity contribution in [2.75, 3.05) is 11.1 Å². The topological polar surface area (TPSA) is 55.9 Å². The third kappa shape index (κ3) is 2.61. The summed E-state index contributed by atoms with van der Waals surface area (Å²) < 4.78 is 1.73. The van der Waals surface area contributed by atoms with Crippen LogP contribution in [0.15, 0.2) is 23.7 Å². The van der Waals surface area contributed by atoms with E-state index in [1.54, 1.807) is 16.0 Å². The monoisotopic (exact) mass is 250 g/mol. The van der Waals surface area contributed by atoms with E-state index in [0.29, 0.717) is 11.6 Å². The molecule has 1 atom stereocenters. The van der Waals surface area contributed by atoms with Gasteiger partial charge in [-0.15, -0.1) is 11.3 Å². The number of anilines is 2. The Morgan fingerprint density at radius 3 is 2.71 bits per heavy atom. The molecule has 0 aromatic carbocycles. The summed E-state index contributed by atoms with van der Waals surface area (Å²) in [5.74, 6) is 1.25. The van der Waals surface area contributed by atoms with Crippen molar-refractivity contribution in [1.29, 1.82) is 0 Å². The summed E-state index contributed by atoms with van der Waals surface area (Å²) in [5.41, 5.74) is 6.59. The molecule has 92 valence electrons. The highest BCUT2D eigenvalue weighted by molar-refractivity contribution is 7.10. The Morgan fingerprint density at radius 2 is 2.24 bits per heavy atom. The molecule has 5 heteroatoms. The maximum absolute atomic E-state index is 5.90. The highest BCUT2D eigenvalue weighted by Gasteiger charge is 2.18. The summed E-state index contributed by atoms with van der Waals surface area (Å²) in [5, 5.41) is 9.84. The van der Waals surface area contributed by atoms with Gasteiger partial charge in [0.25, 0.3) is 0 Å². The zero-order valence-electron chi connectivity index (χ0n) is 10.3. The molecule has 2 rings (SSSR count). The fourth-order valence-electron chi connectivity index (χ4n) is 1.80. The summed E-state index contributed by atoms with van der Waals surface area (Å²) >= 11 is 1.75. The molecule has 0 spiro atoms. The third-order valence-electron chi connectivity index (χ3n) is 2.67. The molecule has 1 unspecified atom stereocenters. The van der Waals surface area contributed by atoms with Gasteiger partial charge in [0.1, 0.15) is 0 Å². The first-order valence-corrected chi connectivity index (χ1v) is 6.55. The van der Waals surface area contributed by atoms with Crippen LogP contribution in [0.25, 0.3) is 0 Å². The number of hydrogen-bond acceptors (Lipinski definition) is 4. The Morgan fingerprint density at radius 1 is 1.47 bits per heavy atom. The number of aromatic nitrogens is 2. The number of nitrogens with one attached hydrogen (secondary N) is 1. The summed E-state index contributed by atoms with van der Waals surface area (Å²) in [4.78, 5) is 1.31. The molecule has 0 saturated carbocycles. The molecule has 0 aliphatic carbocycles. The first-order chi connectivity index (χ1) is 8.08. The Hall–Kier alpha value is -1.49. The second kappa shape index (κ2) is 4.79. The van der Waals surface area contributed by atoms with E-state index >= 15 is 0 Å². The van der Waals surface area contributed by atoms with Crippen LogP contribution in [-0.2, 0) is 7.05 Å². The van der Waals surface area contributed by atoms with Gasteiger partial charge in [-0.05, 0) is 17.4 Å². The van der Waals surface area contributed by atoms with E-state index in [0.717, 1.165) is 5.82 Å². The minimum absolute atomic E-state index is 0.257. The largest absolute Gasteiger partial charge is 0.394 e. The summed E-state index contributed by atoms with van der Waals surface area (Å²) in [6, 6.07) is 4.47. The molecule has 4 nitrogen and oxygen atoms in total. The quantitative estimate of drug-likeness (QED) is 0.877. The zero-order chi connectivity index (χ0) is 12.4. The van der Waals surface area contributed by atoms with Crippen molar-refractivity contribution in [3.63, 3.8) is 0 Å². The Kier molecular flexibility index (Phi) is 3.38. The lowest BCUT2D eigenvalue weighted by atomic mass is 10.0. The number of nitrogens with two attached hydrogens (primary N) is 1. The number of aryl methyl sites for hydroxylation is 1. The van der Waals surface area contributed by atoms with Gasteiger partial charge in [-0.1, -0.05) is 19.9 Å². The van der Waals surface area contributed by atoms with Gasteiger partial charge in [0.2, 0.25) is 0 Å². The van der Waals surface area contributed by atoms with Crippen molar-refractivity contribution in [3.8, 4) is 0 Å². The molecule has 2 aromatic rings. The molecule has 0 aliphatic rings. The van der Waals surface area contributed by atoms with Gasteiger partial charge < -0.3 is 11.1 Å². The van der Waals surface area contributed by atoms with Crippen molar-refractivity contribution in [3.05, 3.63) is 28.6 Å². The first kappa shape index (κ1) is 12.0. The minimum atomic E-state index is 0.257. The predicted octanol–water partition coefficient (Wildman–Crippen LogP) is 2.87. The van der Waals surface area contributed by atoms with Crippen LogP contribution in [0.1, 0.15) is 24.8 Å². The number of nitrogens with zero attached hydrogens (tertiary/aromatic N) is 2. The van der Waals surface area contributed by atoms with Crippen LogP contribution in [0.4, 0.5) is 11.5 Å². The normalized spacial score (nSPS) is 12.9. The van der Waals surface area contributed by atoms with Gasteiger partial charge in [0.15, 0.2) is 5.82 Å². The number of hydrogen-bond donors (Lipinski definition) is 2. The second-order valence-corrected chi connectivity index (χ2v) is 5.47. The van der Waals surface area contributed by atoms with Crippen molar-refractivity contribution in [2.45, 2.75) is 19.9 Å². The maximum atomic E-state index is 5.90. The SMILES string of the molecule is CC(C)C(Nc1nn(C)cc1N)c1cccs1. The van der Waals surface area contributed by atoms with E-state index in [4.69, 9.17) is 5.73 Å². The fraction of sp³-hybridized carbons (Fsp3) is 0.417. The fourth-order valence-corrected chi connectivity index (χ4v) is 2.75. The lowest BCUT2D eigenvalue weighted by molar-refractivity contribution is 0.551. The zero-order valence-corrected chi connectivity index (χ0v) is 11.2. The van der Waals surface area contributed by atoms with E-state index in [2.05, 4.69) is 41.8 Å². The lowest BCUT2D eigenvalue weighted by Crippen LogP contribution is -2.16. The highest BCUT2D eigenvalue weighted by Crippen LogP contribution is 2.30. The van der Waals surface area contributed by atoms with Crippen LogP contribution in [0.3, 0.4) is 0 Å². The van der Waals surface area contributed by atoms with Gasteiger partial charge in [0, 0.05) is 18.1 Å². The molecule has 2 aromatic heterocycles. The molecule has 0 bridgehead atoms. The van der Waals surface area contributed by atoms with Crippen molar-refractivity contribution < 1.29 is 0 Å².